The maximum Gasteiger partial charge on any atom is 0.490 e. The summed E-state index contributed by atoms with van der Waals surface area (Å²) in [6, 6.07) is 6.74. The zero-order valence-electron chi connectivity index (χ0n) is 16.7. The van der Waals surface area contributed by atoms with Gasteiger partial charge in [-0.05, 0) is 36.0 Å². The van der Waals surface area contributed by atoms with Crippen LogP contribution >= 0.6 is 0 Å². The van der Waals surface area contributed by atoms with Gasteiger partial charge in [0.15, 0.2) is 0 Å². The number of aliphatic carboxylic acids is 1. The van der Waals surface area contributed by atoms with E-state index in [-0.39, 0.29) is 17.6 Å². The first-order valence-corrected chi connectivity index (χ1v) is 9.94. The fourth-order valence-electron chi connectivity index (χ4n) is 4.17. The summed E-state index contributed by atoms with van der Waals surface area (Å²) in [6.07, 6.45) is -4.18. The first-order valence-electron chi connectivity index (χ1n) is 9.94. The Kier molecular flexibility index (Phi) is 7.50. The average Bonchev–Trinajstić information content (AvgIpc) is 3.36. The van der Waals surface area contributed by atoms with E-state index in [1.54, 1.807) is 12.1 Å². The molecule has 7 nitrogen and oxygen atoms in total. The maximum atomic E-state index is 13.4. The molecular formula is C20H24F4N2O5. The molecule has 1 N–H and O–H groups in total. The van der Waals surface area contributed by atoms with E-state index >= 15 is 0 Å². The number of halogens is 4. The van der Waals surface area contributed by atoms with Crippen LogP contribution in [0.25, 0.3) is 0 Å². The highest BCUT2D eigenvalue weighted by Gasteiger charge is 2.45. The predicted molar refractivity (Wildman–Crippen MR) is 98.9 cm³/mol. The molecule has 1 amide bonds. The van der Waals surface area contributed by atoms with Gasteiger partial charge in [-0.15, -0.1) is 0 Å². The molecule has 3 heterocycles. The van der Waals surface area contributed by atoms with Crippen molar-refractivity contribution in [3.8, 4) is 0 Å². The van der Waals surface area contributed by atoms with E-state index in [1.807, 2.05) is 6.07 Å². The number of benzene rings is 1. The van der Waals surface area contributed by atoms with Crippen molar-refractivity contribution in [2.24, 2.45) is 17.8 Å². The molecule has 0 spiro atoms. The van der Waals surface area contributed by atoms with Crippen molar-refractivity contribution in [3.05, 3.63) is 35.6 Å². The lowest BCUT2D eigenvalue weighted by atomic mass is 9.82. The van der Waals surface area contributed by atoms with Crippen LogP contribution in [0.4, 0.5) is 17.6 Å². The Hall–Kier alpha value is -2.24. The number of ether oxygens (including phenoxy) is 1. The van der Waals surface area contributed by atoms with Gasteiger partial charge in [0, 0.05) is 19.6 Å². The second kappa shape index (κ2) is 9.92. The number of rotatable bonds is 3. The van der Waals surface area contributed by atoms with Crippen LogP contribution < -0.4 is 0 Å². The monoisotopic (exact) mass is 448 g/mol. The first kappa shape index (κ1) is 23.4. The lowest BCUT2D eigenvalue weighted by molar-refractivity contribution is -0.192. The Bertz CT molecular complexity index is 785. The summed E-state index contributed by atoms with van der Waals surface area (Å²) in [5, 5.41) is 8.64. The smallest absolute Gasteiger partial charge is 0.475 e. The Labute approximate surface area is 176 Å². The Morgan fingerprint density at radius 3 is 2.55 bits per heavy atom. The quantitative estimate of drug-likeness (QED) is 0.716. The van der Waals surface area contributed by atoms with Crippen LogP contribution in [0.3, 0.4) is 0 Å². The number of amides is 1. The number of hydrogen-bond donors (Lipinski definition) is 1. The molecule has 4 rings (SSSR count). The standard InChI is InChI=1S/C18H23FN2O3.C2HF3O2/c19-15-4-1-3-13(7-15)8-20-9-14-11-23-12-17(16(14)10-20)18(22)21-5-2-6-24-21;3-2(4,5)1(6)7/h1,3-4,7,14,16-17H,2,5-6,8-12H2;(H,6,7)/t14-,16-,17+;/m1./s1. The molecule has 0 unspecified atom stereocenters. The van der Waals surface area contributed by atoms with E-state index in [1.165, 1.54) is 11.1 Å². The highest BCUT2D eigenvalue weighted by atomic mass is 19.4. The van der Waals surface area contributed by atoms with E-state index in [2.05, 4.69) is 4.90 Å². The Morgan fingerprint density at radius 1 is 1.19 bits per heavy atom. The van der Waals surface area contributed by atoms with E-state index < -0.39 is 12.1 Å². The summed E-state index contributed by atoms with van der Waals surface area (Å²) < 4.78 is 50.8. The molecule has 172 valence electrons. The molecule has 0 bridgehead atoms. The van der Waals surface area contributed by atoms with E-state index in [4.69, 9.17) is 19.5 Å². The van der Waals surface area contributed by atoms with Crippen LogP contribution in [0.5, 0.6) is 0 Å². The molecule has 3 aliphatic rings. The molecule has 1 aromatic rings. The second-order valence-electron chi connectivity index (χ2n) is 7.82. The van der Waals surface area contributed by atoms with Gasteiger partial charge < -0.3 is 9.84 Å². The van der Waals surface area contributed by atoms with Gasteiger partial charge in [-0.2, -0.15) is 13.2 Å². The highest BCUT2D eigenvalue weighted by molar-refractivity contribution is 5.78. The van der Waals surface area contributed by atoms with Crippen molar-refractivity contribution in [2.45, 2.75) is 19.1 Å². The summed E-state index contributed by atoms with van der Waals surface area (Å²) in [4.78, 5) is 29.3. The first-order chi connectivity index (χ1) is 14.6. The number of hydrogen-bond acceptors (Lipinski definition) is 5. The lowest BCUT2D eigenvalue weighted by Crippen LogP contribution is -2.45. The third-order valence-corrected chi connectivity index (χ3v) is 5.57. The Balaban J connectivity index is 0.000000339. The average molecular weight is 448 g/mol. The molecule has 3 saturated heterocycles. The zero-order chi connectivity index (χ0) is 22.6. The largest absolute Gasteiger partial charge is 0.490 e. The van der Waals surface area contributed by atoms with Crippen LogP contribution in [-0.2, 0) is 25.7 Å². The SMILES string of the molecule is O=C(O)C(F)(F)F.O=C([C@H]1COC[C@H]2CN(Cc3cccc(F)c3)C[C@H]21)N1CCCO1. The van der Waals surface area contributed by atoms with E-state index in [0.29, 0.717) is 44.7 Å². The maximum absolute atomic E-state index is 13.4. The highest BCUT2D eigenvalue weighted by Crippen LogP contribution is 2.36. The number of carboxylic acids is 1. The third-order valence-electron chi connectivity index (χ3n) is 5.57. The number of carboxylic acid groups (broad SMARTS) is 1. The second-order valence-corrected chi connectivity index (χ2v) is 7.82. The van der Waals surface area contributed by atoms with Crippen LogP contribution in [0, 0.1) is 23.6 Å². The molecule has 1 aromatic carbocycles. The van der Waals surface area contributed by atoms with Crippen LogP contribution in [-0.4, -0.2) is 72.6 Å². The molecule has 0 radical (unpaired) electrons. The van der Waals surface area contributed by atoms with Crippen molar-refractivity contribution >= 4 is 11.9 Å². The van der Waals surface area contributed by atoms with Gasteiger partial charge in [-0.3, -0.25) is 14.5 Å². The zero-order valence-corrected chi connectivity index (χ0v) is 16.7. The van der Waals surface area contributed by atoms with E-state index in [9.17, 15) is 22.4 Å². The summed E-state index contributed by atoms with van der Waals surface area (Å²) in [5.74, 6) is -2.36. The van der Waals surface area contributed by atoms with Gasteiger partial charge in [0.05, 0.1) is 32.3 Å². The van der Waals surface area contributed by atoms with Crippen molar-refractivity contribution in [2.75, 3.05) is 39.5 Å². The van der Waals surface area contributed by atoms with Gasteiger partial charge in [0.25, 0.3) is 5.91 Å². The Morgan fingerprint density at radius 2 is 1.94 bits per heavy atom. The molecule has 11 heteroatoms. The normalized spacial score (nSPS) is 26.2. The van der Waals surface area contributed by atoms with Crippen molar-refractivity contribution in [1.29, 1.82) is 0 Å². The van der Waals surface area contributed by atoms with Crippen LogP contribution in [0.1, 0.15) is 12.0 Å². The van der Waals surface area contributed by atoms with Crippen LogP contribution in [0.2, 0.25) is 0 Å². The molecular weight excluding hydrogens is 424 g/mol. The summed E-state index contributed by atoms with van der Waals surface area (Å²) in [5.41, 5.74) is 0.973. The molecule has 3 atom stereocenters. The third kappa shape index (κ3) is 6.14. The number of carbonyl (C=O) groups excluding carboxylic acids is 1. The van der Waals surface area contributed by atoms with Crippen molar-refractivity contribution in [3.63, 3.8) is 0 Å². The van der Waals surface area contributed by atoms with Crippen LogP contribution in [0.15, 0.2) is 24.3 Å². The number of hydroxylamine groups is 2. The lowest BCUT2D eigenvalue weighted by Gasteiger charge is -2.33. The van der Waals surface area contributed by atoms with Gasteiger partial charge in [0.2, 0.25) is 0 Å². The number of likely N-dealkylation sites (tertiary alicyclic amines) is 1. The summed E-state index contributed by atoms with van der Waals surface area (Å²) >= 11 is 0. The molecule has 0 saturated carbocycles. The summed E-state index contributed by atoms with van der Waals surface area (Å²) in [7, 11) is 0. The minimum absolute atomic E-state index is 0.0646. The molecule has 3 aliphatic heterocycles. The number of nitrogens with zero attached hydrogens (tertiary/aromatic N) is 2. The minimum Gasteiger partial charge on any atom is -0.475 e. The summed E-state index contributed by atoms with van der Waals surface area (Å²) in [6.45, 7) is 4.95. The van der Waals surface area contributed by atoms with Gasteiger partial charge >= 0.3 is 12.1 Å². The van der Waals surface area contributed by atoms with Gasteiger partial charge in [0.1, 0.15) is 5.82 Å². The van der Waals surface area contributed by atoms with Crippen molar-refractivity contribution in [1.82, 2.24) is 9.96 Å². The van der Waals surface area contributed by atoms with Gasteiger partial charge in [-0.1, -0.05) is 12.1 Å². The molecule has 3 fully saturated rings. The predicted octanol–water partition coefficient (Wildman–Crippen LogP) is 2.32. The fraction of sp³-hybridized carbons (Fsp3) is 0.600. The van der Waals surface area contributed by atoms with Crippen molar-refractivity contribution < 1.29 is 41.8 Å². The number of alkyl halides is 3. The molecule has 31 heavy (non-hydrogen) atoms. The number of fused-ring (bicyclic) bond motifs is 1. The van der Waals surface area contributed by atoms with E-state index in [0.717, 1.165) is 25.1 Å². The number of carbonyl (C=O) groups is 2. The van der Waals surface area contributed by atoms with Gasteiger partial charge in [-0.25, -0.2) is 14.2 Å². The minimum atomic E-state index is -5.08. The topological polar surface area (TPSA) is 79.3 Å². The molecule has 0 aliphatic carbocycles. The fourth-order valence-corrected chi connectivity index (χ4v) is 4.17. The molecule has 0 aromatic heterocycles.